The molecule has 23 heavy (non-hydrogen) atoms. The first-order valence-corrected chi connectivity index (χ1v) is 8.12. The van der Waals surface area contributed by atoms with Crippen LogP contribution in [-0.2, 0) is 0 Å². The Kier molecular flexibility index (Phi) is 3.88. The van der Waals surface area contributed by atoms with Gasteiger partial charge < -0.3 is 20.1 Å². The highest BCUT2D eigenvalue weighted by molar-refractivity contribution is 5.63. The van der Waals surface area contributed by atoms with Crippen LogP contribution < -0.4 is 20.1 Å². The van der Waals surface area contributed by atoms with E-state index in [-0.39, 0.29) is 0 Å². The van der Waals surface area contributed by atoms with Gasteiger partial charge in [-0.2, -0.15) is 0 Å². The molecule has 4 rings (SSSR count). The highest BCUT2D eigenvalue weighted by atomic mass is 16.6. The molecule has 0 atom stereocenters. The predicted octanol–water partition coefficient (Wildman–Crippen LogP) is 3.35. The highest BCUT2D eigenvalue weighted by Crippen LogP contribution is 2.33. The molecule has 2 aromatic rings. The van der Waals surface area contributed by atoms with Crippen LogP contribution in [0, 0.1) is 0 Å². The molecule has 0 spiro atoms. The summed E-state index contributed by atoms with van der Waals surface area (Å²) in [5.74, 6) is 3.18. The Labute approximate surface area is 135 Å². The summed E-state index contributed by atoms with van der Waals surface area (Å²) >= 11 is 0. The monoisotopic (exact) mass is 312 g/mol. The number of nitrogens with zero attached hydrogens (tertiary/aromatic N) is 2. The third-order valence-electron chi connectivity index (χ3n) is 4.19. The Morgan fingerprint density at radius 1 is 0.913 bits per heavy atom. The molecule has 1 aliphatic carbocycles. The first-order chi connectivity index (χ1) is 11.4. The Morgan fingerprint density at radius 2 is 1.70 bits per heavy atom. The molecule has 1 aliphatic heterocycles. The maximum Gasteiger partial charge on any atom is 0.163 e. The smallest absolute Gasteiger partial charge is 0.163 e. The first-order valence-electron chi connectivity index (χ1n) is 8.12. The molecule has 1 saturated carbocycles. The predicted molar refractivity (Wildman–Crippen MR) is 88.6 cm³/mol. The Bertz CT molecular complexity index is 686. The number of benzene rings is 1. The summed E-state index contributed by atoms with van der Waals surface area (Å²) in [6.45, 7) is 1.18. The van der Waals surface area contributed by atoms with Gasteiger partial charge in [0.05, 0.1) is 0 Å². The van der Waals surface area contributed by atoms with Crippen molar-refractivity contribution in [3.8, 4) is 11.5 Å². The van der Waals surface area contributed by atoms with E-state index in [2.05, 4.69) is 20.6 Å². The van der Waals surface area contributed by atoms with Crippen molar-refractivity contribution in [1.29, 1.82) is 0 Å². The van der Waals surface area contributed by atoms with Gasteiger partial charge in [0.25, 0.3) is 0 Å². The van der Waals surface area contributed by atoms with E-state index in [0.717, 1.165) is 28.8 Å². The lowest BCUT2D eigenvalue weighted by Crippen LogP contribution is -2.16. The maximum atomic E-state index is 5.60. The summed E-state index contributed by atoms with van der Waals surface area (Å²) in [6.07, 6.45) is 6.61. The van der Waals surface area contributed by atoms with Crippen LogP contribution in [0.5, 0.6) is 11.5 Å². The van der Waals surface area contributed by atoms with Crippen LogP contribution in [0.25, 0.3) is 0 Å². The number of ether oxygens (including phenoxy) is 2. The van der Waals surface area contributed by atoms with Crippen LogP contribution in [0.15, 0.2) is 30.6 Å². The Hall–Kier alpha value is -2.50. The van der Waals surface area contributed by atoms with Crippen molar-refractivity contribution >= 4 is 17.3 Å². The molecule has 6 nitrogen and oxygen atoms in total. The fourth-order valence-electron chi connectivity index (χ4n) is 3.05. The second-order valence-corrected chi connectivity index (χ2v) is 5.90. The standard InChI is InChI=1S/C17H20N4O2/c1-2-4-12(3-1)20-16-10-17(19-11-18-16)21-13-5-6-14-15(9-13)23-8-7-22-14/h5-6,9-12H,1-4,7-8H2,(H2,18,19,20,21). The van der Waals surface area contributed by atoms with Crippen LogP contribution in [0.2, 0.25) is 0 Å². The molecule has 0 bridgehead atoms. The number of rotatable bonds is 4. The SMILES string of the molecule is c1nc(Nc2ccc3c(c2)OCCO3)cc(NC2CCCC2)n1. The van der Waals surface area contributed by atoms with Crippen molar-refractivity contribution in [3.05, 3.63) is 30.6 Å². The lowest BCUT2D eigenvalue weighted by atomic mass is 10.2. The molecule has 2 N–H and O–H groups in total. The lowest BCUT2D eigenvalue weighted by molar-refractivity contribution is 0.171. The van der Waals surface area contributed by atoms with Crippen LogP contribution in [-0.4, -0.2) is 29.2 Å². The summed E-state index contributed by atoms with van der Waals surface area (Å²) in [6, 6.07) is 8.28. The maximum absolute atomic E-state index is 5.60. The molecule has 2 aliphatic rings. The number of nitrogens with one attached hydrogen (secondary N) is 2. The molecule has 1 fully saturated rings. The molecular formula is C17H20N4O2. The fraction of sp³-hybridized carbons (Fsp3) is 0.412. The third-order valence-corrected chi connectivity index (χ3v) is 4.19. The number of hydrogen-bond donors (Lipinski definition) is 2. The van der Waals surface area contributed by atoms with Gasteiger partial charge in [-0.05, 0) is 25.0 Å². The van der Waals surface area contributed by atoms with Crippen molar-refractivity contribution < 1.29 is 9.47 Å². The number of anilines is 3. The van der Waals surface area contributed by atoms with Gasteiger partial charge in [-0.15, -0.1) is 0 Å². The molecule has 6 heteroatoms. The van der Waals surface area contributed by atoms with Crippen LogP contribution in [0.1, 0.15) is 25.7 Å². The molecule has 2 heterocycles. The number of hydrogen-bond acceptors (Lipinski definition) is 6. The molecule has 1 aromatic heterocycles. The average Bonchev–Trinajstić information content (AvgIpc) is 3.08. The van der Waals surface area contributed by atoms with Gasteiger partial charge in [0, 0.05) is 23.9 Å². The van der Waals surface area contributed by atoms with Gasteiger partial charge in [-0.3, -0.25) is 0 Å². The van der Waals surface area contributed by atoms with Crippen molar-refractivity contribution in [3.63, 3.8) is 0 Å². The fourth-order valence-corrected chi connectivity index (χ4v) is 3.05. The van der Waals surface area contributed by atoms with E-state index in [4.69, 9.17) is 9.47 Å². The van der Waals surface area contributed by atoms with E-state index in [1.807, 2.05) is 24.3 Å². The summed E-state index contributed by atoms with van der Waals surface area (Å²) < 4.78 is 11.1. The van der Waals surface area contributed by atoms with E-state index in [1.54, 1.807) is 6.33 Å². The lowest BCUT2D eigenvalue weighted by Gasteiger charge is -2.19. The topological polar surface area (TPSA) is 68.3 Å². The van der Waals surface area contributed by atoms with Crippen LogP contribution in [0.4, 0.5) is 17.3 Å². The van der Waals surface area contributed by atoms with E-state index in [9.17, 15) is 0 Å². The molecule has 1 aromatic carbocycles. The van der Waals surface area contributed by atoms with Gasteiger partial charge in [0.2, 0.25) is 0 Å². The number of fused-ring (bicyclic) bond motifs is 1. The minimum absolute atomic E-state index is 0.534. The van der Waals surface area contributed by atoms with Gasteiger partial charge in [0.1, 0.15) is 31.2 Å². The van der Waals surface area contributed by atoms with Crippen LogP contribution >= 0.6 is 0 Å². The second kappa shape index (κ2) is 6.32. The van der Waals surface area contributed by atoms with E-state index in [0.29, 0.717) is 19.3 Å². The third kappa shape index (κ3) is 3.31. The molecule has 0 amide bonds. The molecule has 0 saturated heterocycles. The average molecular weight is 312 g/mol. The first kappa shape index (κ1) is 14.1. The van der Waals surface area contributed by atoms with Gasteiger partial charge in [-0.25, -0.2) is 9.97 Å². The van der Waals surface area contributed by atoms with Crippen molar-refractivity contribution in [2.45, 2.75) is 31.7 Å². The summed E-state index contributed by atoms with van der Waals surface area (Å²) in [7, 11) is 0. The minimum Gasteiger partial charge on any atom is -0.486 e. The van der Waals surface area contributed by atoms with Crippen LogP contribution in [0.3, 0.4) is 0 Å². The zero-order valence-corrected chi connectivity index (χ0v) is 12.9. The molecule has 0 radical (unpaired) electrons. The highest BCUT2D eigenvalue weighted by Gasteiger charge is 2.15. The van der Waals surface area contributed by atoms with Crippen molar-refractivity contribution in [2.75, 3.05) is 23.8 Å². The quantitative estimate of drug-likeness (QED) is 0.902. The second-order valence-electron chi connectivity index (χ2n) is 5.90. The molecule has 0 unspecified atom stereocenters. The molecular weight excluding hydrogens is 292 g/mol. The van der Waals surface area contributed by atoms with E-state index < -0.39 is 0 Å². The van der Waals surface area contributed by atoms with Crippen molar-refractivity contribution in [2.24, 2.45) is 0 Å². The van der Waals surface area contributed by atoms with Gasteiger partial charge >= 0.3 is 0 Å². The summed E-state index contributed by atoms with van der Waals surface area (Å²) in [5, 5.41) is 6.77. The Balaban J connectivity index is 1.47. The normalized spacial score (nSPS) is 17.0. The van der Waals surface area contributed by atoms with Gasteiger partial charge in [0.15, 0.2) is 11.5 Å². The van der Waals surface area contributed by atoms with E-state index >= 15 is 0 Å². The van der Waals surface area contributed by atoms with E-state index in [1.165, 1.54) is 25.7 Å². The minimum atomic E-state index is 0.534. The van der Waals surface area contributed by atoms with Crippen molar-refractivity contribution in [1.82, 2.24) is 9.97 Å². The zero-order chi connectivity index (χ0) is 15.5. The zero-order valence-electron chi connectivity index (χ0n) is 12.9. The number of aromatic nitrogens is 2. The van der Waals surface area contributed by atoms with Gasteiger partial charge in [-0.1, -0.05) is 12.8 Å². The summed E-state index contributed by atoms with van der Waals surface area (Å²) in [5.41, 5.74) is 0.916. The Morgan fingerprint density at radius 3 is 2.57 bits per heavy atom. The summed E-state index contributed by atoms with van der Waals surface area (Å²) in [4.78, 5) is 8.59. The largest absolute Gasteiger partial charge is 0.486 e. The molecule has 120 valence electrons.